The Labute approximate surface area is 139 Å². The molecule has 0 bridgehead atoms. The Morgan fingerprint density at radius 2 is 2.00 bits per heavy atom. The summed E-state index contributed by atoms with van der Waals surface area (Å²) in [5.74, 6) is 0. The Morgan fingerprint density at radius 1 is 1.30 bits per heavy atom. The number of hydrazine groups is 1. The van der Waals surface area contributed by atoms with E-state index in [0.717, 1.165) is 12.8 Å². The summed E-state index contributed by atoms with van der Waals surface area (Å²) in [4.78, 5) is 0. The van der Waals surface area contributed by atoms with E-state index in [4.69, 9.17) is 5.26 Å². The van der Waals surface area contributed by atoms with Crippen molar-refractivity contribution in [3.8, 4) is 6.07 Å². The second-order valence-corrected chi connectivity index (χ2v) is 6.33. The molecule has 0 spiro atoms. The minimum atomic E-state index is 0. The number of rotatable bonds is 4. The maximum Gasteiger partial charge on any atom is 0.178 e. The first-order chi connectivity index (χ1) is 9.11. The van der Waals surface area contributed by atoms with Gasteiger partial charge in [0.2, 0.25) is 0 Å². The van der Waals surface area contributed by atoms with Gasteiger partial charge in [0.15, 0.2) is 5.71 Å². The molecule has 1 saturated heterocycles. The highest BCUT2D eigenvalue weighted by molar-refractivity contribution is 5.92. The predicted octanol–water partition coefficient (Wildman–Crippen LogP) is -1.05. The second-order valence-electron chi connectivity index (χ2n) is 6.33. The van der Waals surface area contributed by atoms with Crippen molar-refractivity contribution >= 4 is 5.71 Å². The molecule has 4 nitrogen and oxygen atoms in total. The lowest BCUT2D eigenvalue weighted by atomic mass is 9.78. The Bertz CT molecular complexity index is 424. The van der Waals surface area contributed by atoms with Crippen LogP contribution in [-0.2, 0) is 0 Å². The van der Waals surface area contributed by atoms with Crippen molar-refractivity contribution in [1.29, 1.82) is 5.26 Å². The standard InChI is InChI=1S/C15H24N4.HI/c1-15(2)11-13(18-17-7-5-6-16)10-14(12-15)19-8-3-4-9-19;/h10,17H,3-5,7-9,11-12H2,1-2H3;1H. The highest BCUT2D eigenvalue weighted by Gasteiger charge is 2.31. The van der Waals surface area contributed by atoms with Crippen LogP contribution in [0.15, 0.2) is 11.8 Å². The van der Waals surface area contributed by atoms with Gasteiger partial charge in [0, 0.05) is 44.0 Å². The van der Waals surface area contributed by atoms with Crippen molar-refractivity contribution in [3.05, 3.63) is 11.8 Å². The number of allylic oxidation sites excluding steroid dienone is 2. The van der Waals surface area contributed by atoms with E-state index >= 15 is 0 Å². The zero-order chi connectivity index (χ0) is 13.7. The van der Waals surface area contributed by atoms with Crippen LogP contribution in [0.3, 0.4) is 0 Å². The maximum atomic E-state index is 8.53. The lowest BCUT2D eigenvalue weighted by Crippen LogP contribution is -3.00. The fraction of sp³-hybridized carbons (Fsp3) is 0.733. The molecule has 0 radical (unpaired) electrons. The molecule has 112 valence electrons. The molecule has 1 fully saturated rings. The number of hydrogen-bond donors (Lipinski definition) is 2. The summed E-state index contributed by atoms with van der Waals surface area (Å²) in [6.07, 6.45) is 7.70. The van der Waals surface area contributed by atoms with Crippen LogP contribution in [0, 0.1) is 16.7 Å². The lowest BCUT2D eigenvalue weighted by Gasteiger charge is -2.29. The van der Waals surface area contributed by atoms with Crippen LogP contribution in [0.2, 0.25) is 0 Å². The van der Waals surface area contributed by atoms with E-state index in [2.05, 4.69) is 41.4 Å². The van der Waals surface area contributed by atoms with E-state index in [1.165, 1.54) is 37.3 Å². The summed E-state index contributed by atoms with van der Waals surface area (Å²) < 4.78 is 2.53. The van der Waals surface area contributed by atoms with Gasteiger partial charge in [-0.3, -0.25) is 0 Å². The van der Waals surface area contributed by atoms with Crippen LogP contribution in [0.1, 0.15) is 46.0 Å². The van der Waals surface area contributed by atoms with Crippen LogP contribution >= 0.6 is 0 Å². The molecule has 0 aromatic carbocycles. The summed E-state index contributed by atoms with van der Waals surface area (Å²) in [7, 11) is 0. The molecule has 2 rings (SSSR count). The van der Waals surface area contributed by atoms with Gasteiger partial charge in [-0.2, -0.15) is 5.26 Å². The molecule has 0 unspecified atom stereocenters. The highest BCUT2D eigenvalue weighted by Crippen LogP contribution is 2.33. The molecule has 0 saturated carbocycles. The van der Waals surface area contributed by atoms with Crippen LogP contribution < -0.4 is 34.8 Å². The average Bonchev–Trinajstić information content (AvgIpc) is 2.86. The summed E-state index contributed by atoms with van der Waals surface area (Å²) >= 11 is 0. The molecule has 2 aliphatic rings. The van der Waals surface area contributed by atoms with Crippen LogP contribution in [0.5, 0.6) is 0 Å². The predicted molar refractivity (Wildman–Crippen MR) is 76.7 cm³/mol. The Morgan fingerprint density at radius 3 is 2.65 bits per heavy atom. The molecule has 0 atom stereocenters. The van der Waals surface area contributed by atoms with E-state index in [0.29, 0.717) is 18.4 Å². The molecule has 0 amide bonds. The third-order valence-corrected chi connectivity index (χ3v) is 3.79. The van der Waals surface area contributed by atoms with Gasteiger partial charge in [-0.05, 0) is 11.8 Å². The van der Waals surface area contributed by atoms with Crippen molar-refractivity contribution in [1.82, 2.24) is 10.9 Å². The smallest absolute Gasteiger partial charge is 0.178 e. The van der Waals surface area contributed by atoms with Gasteiger partial charge in [0.25, 0.3) is 0 Å². The SMILES string of the molecule is CC1(C)CC(NNCCC#N)=CC(=[N+]2CCCC2)C1.[I-]. The third-order valence-electron chi connectivity index (χ3n) is 3.79. The average molecular weight is 388 g/mol. The fourth-order valence-electron chi connectivity index (χ4n) is 2.95. The number of nitriles is 1. The van der Waals surface area contributed by atoms with Crippen molar-refractivity contribution in [3.63, 3.8) is 0 Å². The van der Waals surface area contributed by atoms with Crippen LogP contribution in [-0.4, -0.2) is 29.9 Å². The van der Waals surface area contributed by atoms with E-state index in [1.807, 2.05) is 0 Å². The minimum Gasteiger partial charge on any atom is -1.00 e. The minimum absolute atomic E-state index is 0. The van der Waals surface area contributed by atoms with Crippen LogP contribution in [0.25, 0.3) is 0 Å². The second kappa shape index (κ2) is 7.99. The topological polar surface area (TPSA) is 50.9 Å². The molecular formula is C15H25IN4. The van der Waals surface area contributed by atoms with E-state index in [1.54, 1.807) is 0 Å². The molecular weight excluding hydrogens is 363 g/mol. The first kappa shape index (κ1) is 17.4. The van der Waals surface area contributed by atoms with Gasteiger partial charge in [-0.15, -0.1) is 0 Å². The van der Waals surface area contributed by atoms with Crippen molar-refractivity contribution in [2.75, 3.05) is 19.6 Å². The number of nitrogens with zero attached hydrogens (tertiary/aromatic N) is 2. The summed E-state index contributed by atoms with van der Waals surface area (Å²) in [6, 6.07) is 2.14. The maximum absolute atomic E-state index is 8.53. The van der Waals surface area contributed by atoms with Crippen molar-refractivity contribution in [2.24, 2.45) is 5.41 Å². The molecule has 2 N–H and O–H groups in total. The van der Waals surface area contributed by atoms with Gasteiger partial charge in [-0.25, -0.2) is 10.0 Å². The third kappa shape index (κ3) is 5.06. The first-order valence-electron chi connectivity index (χ1n) is 7.28. The summed E-state index contributed by atoms with van der Waals surface area (Å²) in [5, 5.41) is 8.53. The Balaban J connectivity index is 0.00000200. The van der Waals surface area contributed by atoms with E-state index in [9.17, 15) is 0 Å². The number of nitrogens with one attached hydrogen (secondary N) is 2. The highest BCUT2D eigenvalue weighted by atomic mass is 127. The summed E-state index contributed by atoms with van der Waals surface area (Å²) in [5.41, 5.74) is 9.44. The molecule has 20 heavy (non-hydrogen) atoms. The normalized spacial score (nSPS) is 20.9. The molecule has 1 heterocycles. The Kier molecular flexibility index (Phi) is 6.96. The zero-order valence-corrected chi connectivity index (χ0v) is 14.7. The van der Waals surface area contributed by atoms with Gasteiger partial charge < -0.3 is 29.4 Å². The number of halogens is 1. The molecule has 1 aliphatic heterocycles. The van der Waals surface area contributed by atoms with E-state index in [-0.39, 0.29) is 24.0 Å². The van der Waals surface area contributed by atoms with Crippen molar-refractivity contribution < 1.29 is 28.6 Å². The summed E-state index contributed by atoms with van der Waals surface area (Å²) in [6.45, 7) is 7.75. The van der Waals surface area contributed by atoms with Gasteiger partial charge in [-0.1, -0.05) is 13.8 Å². The fourth-order valence-corrected chi connectivity index (χ4v) is 2.95. The molecule has 0 aromatic heterocycles. The van der Waals surface area contributed by atoms with Gasteiger partial charge >= 0.3 is 0 Å². The lowest BCUT2D eigenvalue weighted by molar-refractivity contribution is -0.507. The quantitative estimate of drug-likeness (QED) is 0.280. The largest absolute Gasteiger partial charge is 1.00 e. The van der Waals surface area contributed by atoms with Crippen molar-refractivity contribution in [2.45, 2.75) is 46.0 Å². The molecule has 1 aliphatic carbocycles. The molecule has 5 heteroatoms. The molecule has 0 aromatic rings. The van der Waals surface area contributed by atoms with Gasteiger partial charge in [0.1, 0.15) is 13.1 Å². The Hall–Kier alpha value is -0.610. The zero-order valence-electron chi connectivity index (χ0n) is 12.5. The number of hydrogen-bond acceptors (Lipinski definition) is 3. The van der Waals surface area contributed by atoms with Gasteiger partial charge in [0.05, 0.1) is 6.07 Å². The van der Waals surface area contributed by atoms with Crippen LogP contribution in [0.4, 0.5) is 0 Å². The van der Waals surface area contributed by atoms with E-state index < -0.39 is 0 Å². The monoisotopic (exact) mass is 388 g/mol. The first-order valence-corrected chi connectivity index (χ1v) is 7.28.